The van der Waals surface area contributed by atoms with Crippen molar-refractivity contribution < 1.29 is 0 Å². The van der Waals surface area contributed by atoms with E-state index in [4.69, 9.17) is 0 Å². The van der Waals surface area contributed by atoms with Crippen LogP contribution in [0.3, 0.4) is 0 Å². The average Bonchev–Trinajstić information content (AvgIpc) is 2.38. The number of allylic oxidation sites excluding steroid dienone is 1. The van der Waals surface area contributed by atoms with E-state index in [2.05, 4.69) is 36.1 Å². The first-order valence-electron chi connectivity index (χ1n) is 5.83. The van der Waals surface area contributed by atoms with Crippen LogP contribution in [0.4, 0.5) is 5.82 Å². The first-order chi connectivity index (χ1) is 8.24. The van der Waals surface area contributed by atoms with Crippen LogP contribution in [0.1, 0.15) is 18.2 Å². The van der Waals surface area contributed by atoms with Gasteiger partial charge in [0.05, 0.1) is 11.3 Å². The molecule has 1 N–H and O–H groups in total. The van der Waals surface area contributed by atoms with Crippen molar-refractivity contribution >= 4 is 26.2 Å². The van der Waals surface area contributed by atoms with Gasteiger partial charge in [0.15, 0.2) is 0 Å². The molecule has 1 saturated heterocycles. The van der Waals surface area contributed by atoms with Crippen LogP contribution in [0.15, 0.2) is 12.4 Å². The fourth-order valence-corrected chi connectivity index (χ4v) is 2.47. The third kappa shape index (κ3) is 2.66. The largest absolute Gasteiger partial charge is 0.353 e. The number of nitrogens with zero attached hydrogens (tertiary/aromatic N) is 3. The van der Waals surface area contributed by atoms with Gasteiger partial charge < -0.3 is 10.2 Å². The second kappa shape index (κ2) is 5.60. The third-order valence-corrected chi connectivity index (χ3v) is 3.78. The van der Waals surface area contributed by atoms with Crippen LogP contribution in [-0.4, -0.2) is 36.1 Å². The van der Waals surface area contributed by atoms with E-state index in [0.29, 0.717) is 0 Å². The molecule has 0 spiro atoms. The maximum Gasteiger partial charge on any atom is 0.140 e. The summed E-state index contributed by atoms with van der Waals surface area (Å²) in [6.07, 6.45) is 3.68. The van der Waals surface area contributed by atoms with Crippen LogP contribution in [0.25, 0.3) is 4.48 Å². The molecular weight excluding hydrogens is 280 g/mol. The normalized spacial score (nSPS) is 17.4. The van der Waals surface area contributed by atoms with Crippen molar-refractivity contribution in [3.05, 3.63) is 23.7 Å². The Bertz CT molecular complexity index is 425. The van der Waals surface area contributed by atoms with Gasteiger partial charge in [-0.3, -0.25) is 0 Å². The Labute approximate surface area is 110 Å². The van der Waals surface area contributed by atoms with Crippen LogP contribution in [0.5, 0.6) is 0 Å². The molecule has 1 aliphatic heterocycles. The highest BCUT2D eigenvalue weighted by Gasteiger charge is 2.18. The summed E-state index contributed by atoms with van der Waals surface area (Å²) < 4.78 is 1.06. The molecule has 0 bridgehead atoms. The molecule has 1 aromatic rings. The molecule has 92 valence electrons. The minimum absolute atomic E-state index is 0.993. The minimum Gasteiger partial charge on any atom is -0.353 e. The van der Waals surface area contributed by atoms with Crippen molar-refractivity contribution in [1.82, 2.24) is 15.3 Å². The molecule has 1 aliphatic rings. The lowest BCUT2D eigenvalue weighted by Crippen LogP contribution is -2.44. The first-order valence-corrected chi connectivity index (χ1v) is 6.62. The predicted octanol–water partition coefficient (Wildman–Crippen LogP) is 1.95. The molecule has 1 aromatic heterocycles. The van der Waals surface area contributed by atoms with Gasteiger partial charge in [-0.05, 0) is 13.8 Å². The molecule has 0 radical (unpaired) electrons. The standard InChI is InChI=1S/C12H17BrN4/c1-3-10(13)11-9(2)15-8-16-12(11)17-6-4-14-5-7-17/h3,8,14H,4-7H2,1-2H3/b10-3+. The lowest BCUT2D eigenvalue weighted by Gasteiger charge is -2.30. The minimum atomic E-state index is 0.993. The Morgan fingerprint density at radius 3 is 2.76 bits per heavy atom. The number of aromatic nitrogens is 2. The highest BCUT2D eigenvalue weighted by Crippen LogP contribution is 2.31. The second-order valence-electron chi connectivity index (χ2n) is 4.03. The Morgan fingerprint density at radius 1 is 1.41 bits per heavy atom. The second-order valence-corrected chi connectivity index (χ2v) is 4.89. The SMILES string of the molecule is C/C=C(/Br)c1c(C)ncnc1N1CCNCC1. The molecule has 2 heterocycles. The average molecular weight is 297 g/mol. The summed E-state index contributed by atoms with van der Waals surface area (Å²) in [5.74, 6) is 1.03. The topological polar surface area (TPSA) is 41.1 Å². The molecule has 0 amide bonds. The monoisotopic (exact) mass is 296 g/mol. The maximum absolute atomic E-state index is 4.45. The first kappa shape index (κ1) is 12.5. The van der Waals surface area contributed by atoms with Gasteiger partial charge in [0, 0.05) is 30.7 Å². The number of aryl methyl sites for hydroxylation is 1. The molecular formula is C12H17BrN4. The number of hydrogen-bond acceptors (Lipinski definition) is 4. The Hall–Kier alpha value is -0.940. The summed E-state index contributed by atoms with van der Waals surface area (Å²) in [6.45, 7) is 8.04. The number of piperazine rings is 1. The van der Waals surface area contributed by atoms with Crippen LogP contribution in [0, 0.1) is 6.92 Å². The lowest BCUT2D eigenvalue weighted by atomic mass is 10.2. The zero-order valence-corrected chi connectivity index (χ0v) is 11.8. The van der Waals surface area contributed by atoms with Gasteiger partial charge in [-0.15, -0.1) is 0 Å². The summed E-state index contributed by atoms with van der Waals surface area (Å²) in [5.41, 5.74) is 2.12. The molecule has 0 atom stereocenters. The number of anilines is 1. The van der Waals surface area contributed by atoms with E-state index >= 15 is 0 Å². The van der Waals surface area contributed by atoms with Crippen molar-refractivity contribution in [3.8, 4) is 0 Å². The van der Waals surface area contributed by atoms with E-state index in [1.54, 1.807) is 6.33 Å². The van der Waals surface area contributed by atoms with Gasteiger partial charge in [0.2, 0.25) is 0 Å². The van der Waals surface area contributed by atoms with Crippen molar-refractivity contribution in [2.45, 2.75) is 13.8 Å². The zero-order chi connectivity index (χ0) is 12.3. The molecule has 2 rings (SSSR count). The highest BCUT2D eigenvalue weighted by atomic mass is 79.9. The molecule has 0 saturated carbocycles. The van der Waals surface area contributed by atoms with Crippen LogP contribution < -0.4 is 10.2 Å². The van der Waals surface area contributed by atoms with Gasteiger partial charge in [0.25, 0.3) is 0 Å². The molecule has 0 aliphatic carbocycles. The Balaban J connectivity index is 2.41. The van der Waals surface area contributed by atoms with Gasteiger partial charge >= 0.3 is 0 Å². The number of halogens is 1. The van der Waals surface area contributed by atoms with E-state index in [9.17, 15) is 0 Å². The summed E-state index contributed by atoms with van der Waals surface area (Å²) in [7, 11) is 0. The van der Waals surface area contributed by atoms with Crippen molar-refractivity contribution in [3.63, 3.8) is 0 Å². The van der Waals surface area contributed by atoms with Crippen molar-refractivity contribution in [2.24, 2.45) is 0 Å². The van der Waals surface area contributed by atoms with Crippen molar-refractivity contribution in [1.29, 1.82) is 0 Å². The molecule has 0 aromatic carbocycles. The molecule has 17 heavy (non-hydrogen) atoms. The van der Waals surface area contributed by atoms with Crippen molar-refractivity contribution in [2.75, 3.05) is 31.1 Å². The van der Waals surface area contributed by atoms with E-state index in [1.165, 1.54) is 0 Å². The summed E-state index contributed by atoms with van der Waals surface area (Å²) in [5, 5.41) is 3.35. The van der Waals surface area contributed by atoms with Gasteiger partial charge in [-0.1, -0.05) is 22.0 Å². The third-order valence-electron chi connectivity index (χ3n) is 2.93. The molecule has 5 heteroatoms. The van der Waals surface area contributed by atoms with E-state index in [1.807, 2.05) is 19.9 Å². The summed E-state index contributed by atoms with van der Waals surface area (Å²) in [4.78, 5) is 11.0. The highest BCUT2D eigenvalue weighted by molar-refractivity contribution is 9.15. The van der Waals surface area contributed by atoms with E-state index in [0.717, 1.165) is 47.7 Å². The Kier molecular flexibility index (Phi) is 4.12. The smallest absolute Gasteiger partial charge is 0.140 e. The van der Waals surface area contributed by atoms with Gasteiger partial charge in [-0.2, -0.15) is 0 Å². The Morgan fingerprint density at radius 2 is 2.12 bits per heavy atom. The molecule has 1 fully saturated rings. The number of rotatable bonds is 2. The predicted molar refractivity (Wildman–Crippen MR) is 74.4 cm³/mol. The van der Waals surface area contributed by atoms with E-state index < -0.39 is 0 Å². The van der Waals surface area contributed by atoms with Crippen LogP contribution >= 0.6 is 15.9 Å². The van der Waals surface area contributed by atoms with E-state index in [-0.39, 0.29) is 0 Å². The molecule has 4 nitrogen and oxygen atoms in total. The van der Waals surface area contributed by atoms with Gasteiger partial charge in [0.1, 0.15) is 12.1 Å². The number of nitrogens with one attached hydrogen (secondary N) is 1. The summed E-state index contributed by atoms with van der Waals surface area (Å²) >= 11 is 3.59. The van der Waals surface area contributed by atoms with Crippen LogP contribution in [0.2, 0.25) is 0 Å². The summed E-state index contributed by atoms with van der Waals surface area (Å²) in [6, 6.07) is 0. The maximum atomic E-state index is 4.45. The number of hydrogen-bond donors (Lipinski definition) is 1. The zero-order valence-electron chi connectivity index (χ0n) is 10.2. The fraction of sp³-hybridized carbons (Fsp3) is 0.500. The fourth-order valence-electron chi connectivity index (χ4n) is 2.00. The lowest BCUT2D eigenvalue weighted by molar-refractivity contribution is 0.584. The van der Waals surface area contributed by atoms with Crippen LogP contribution in [-0.2, 0) is 0 Å². The quantitative estimate of drug-likeness (QED) is 0.906. The molecule has 0 unspecified atom stereocenters. The van der Waals surface area contributed by atoms with Gasteiger partial charge in [-0.25, -0.2) is 9.97 Å².